The van der Waals surface area contributed by atoms with Crippen molar-refractivity contribution in [3.8, 4) is 0 Å². The number of piperidine rings is 1. The van der Waals surface area contributed by atoms with Crippen LogP contribution in [-0.2, 0) is 0 Å². The molecular weight excluding hydrogens is 311 g/mol. The number of halogens is 2. The number of pyridine rings is 1. The highest BCUT2D eigenvalue weighted by atomic mass is 35.5. The molecule has 1 N–H and O–H groups in total. The summed E-state index contributed by atoms with van der Waals surface area (Å²) in [5.74, 6) is 0.0856. The summed E-state index contributed by atoms with van der Waals surface area (Å²) in [4.78, 5) is 18.5. The van der Waals surface area contributed by atoms with Gasteiger partial charge in [0, 0.05) is 31.7 Å². The van der Waals surface area contributed by atoms with Gasteiger partial charge in [0.25, 0.3) is 5.91 Å². The van der Waals surface area contributed by atoms with E-state index < -0.39 is 0 Å². The average Bonchev–Trinajstić information content (AvgIpc) is 2.94. The van der Waals surface area contributed by atoms with E-state index in [-0.39, 0.29) is 30.7 Å². The molecule has 0 saturated carbocycles. The molecule has 5 nitrogen and oxygen atoms in total. The molecule has 1 fully saturated rings. The lowest BCUT2D eigenvalue weighted by Crippen LogP contribution is -2.44. The number of hydrogen-bond acceptors (Lipinski definition) is 3. The number of rotatable bonds is 2. The van der Waals surface area contributed by atoms with Crippen LogP contribution in [0.5, 0.6) is 0 Å². The van der Waals surface area contributed by atoms with Crippen LogP contribution in [0.4, 0.5) is 0 Å². The largest absolute Gasteiger partial charge is 0.339 e. The molecule has 2 aromatic rings. The van der Waals surface area contributed by atoms with Crippen molar-refractivity contribution in [2.75, 3.05) is 20.1 Å². The molecule has 0 unspecified atom stereocenters. The first-order valence-corrected chi connectivity index (χ1v) is 6.66. The highest BCUT2D eigenvalue weighted by molar-refractivity contribution is 5.94. The summed E-state index contributed by atoms with van der Waals surface area (Å²) in [5, 5.41) is 3.32. The Labute approximate surface area is 136 Å². The summed E-state index contributed by atoms with van der Waals surface area (Å²) >= 11 is 0. The summed E-state index contributed by atoms with van der Waals surface area (Å²) in [7, 11) is 1.90. The molecule has 0 bridgehead atoms. The monoisotopic (exact) mass is 330 g/mol. The molecule has 0 spiro atoms. The molecule has 3 heterocycles. The van der Waals surface area contributed by atoms with E-state index >= 15 is 0 Å². The van der Waals surface area contributed by atoms with Crippen molar-refractivity contribution < 1.29 is 4.79 Å². The van der Waals surface area contributed by atoms with E-state index in [1.54, 1.807) is 6.20 Å². The number of hydrogen-bond donors (Lipinski definition) is 1. The Morgan fingerprint density at radius 3 is 2.76 bits per heavy atom. The topological polar surface area (TPSA) is 49.6 Å². The van der Waals surface area contributed by atoms with Crippen molar-refractivity contribution in [2.24, 2.45) is 0 Å². The summed E-state index contributed by atoms with van der Waals surface area (Å²) in [6.07, 6.45) is 7.49. The normalized spacial score (nSPS) is 15.1. The van der Waals surface area contributed by atoms with Crippen molar-refractivity contribution in [3.63, 3.8) is 0 Å². The lowest BCUT2D eigenvalue weighted by Gasteiger charge is -2.31. The van der Waals surface area contributed by atoms with Crippen LogP contribution in [0.25, 0.3) is 5.65 Å². The first-order chi connectivity index (χ1) is 9.25. The standard InChI is InChI=1S/C14H18N4O.2ClH/c1-17(12-4-6-15-7-5-12)14(19)11-2-3-13-16-8-9-18(13)10-11;;/h2-3,8-10,12,15H,4-7H2,1H3;2*1H. The molecule has 1 aliphatic heterocycles. The molecule has 3 rings (SSSR count). The Morgan fingerprint density at radius 1 is 1.33 bits per heavy atom. The van der Waals surface area contributed by atoms with E-state index in [9.17, 15) is 4.79 Å². The number of nitrogens with zero attached hydrogens (tertiary/aromatic N) is 3. The third-order valence-corrected chi connectivity index (χ3v) is 3.81. The van der Waals surface area contributed by atoms with E-state index in [1.165, 1.54) is 0 Å². The quantitative estimate of drug-likeness (QED) is 0.916. The van der Waals surface area contributed by atoms with Gasteiger partial charge in [-0.25, -0.2) is 4.98 Å². The predicted molar refractivity (Wildman–Crippen MR) is 87.7 cm³/mol. The van der Waals surface area contributed by atoms with Gasteiger partial charge in [0.2, 0.25) is 0 Å². The Morgan fingerprint density at radius 2 is 2.05 bits per heavy atom. The second kappa shape index (κ2) is 7.64. The van der Waals surface area contributed by atoms with Crippen LogP contribution in [0, 0.1) is 0 Å². The maximum absolute atomic E-state index is 12.5. The molecule has 7 heteroatoms. The summed E-state index contributed by atoms with van der Waals surface area (Å²) in [5.41, 5.74) is 1.58. The number of carbonyl (C=O) groups is 1. The van der Waals surface area contributed by atoms with Crippen LogP contribution >= 0.6 is 24.8 Å². The number of nitrogens with one attached hydrogen (secondary N) is 1. The maximum Gasteiger partial charge on any atom is 0.255 e. The fourth-order valence-electron chi connectivity index (χ4n) is 2.61. The van der Waals surface area contributed by atoms with Crippen LogP contribution in [0.1, 0.15) is 23.2 Å². The van der Waals surface area contributed by atoms with Crippen molar-refractivity contribution in [2.45, 2.75) is 18.9 Å². The van der Waals surface area contributed by atoms with E-state index in [0.29, 0.717) is 11.6 Å². The van der Waals surface area contributed by atoms with Crippen LogP contribution in [-0.4, -0.2) is 46.4 Å². The van der Waals surface area contributed by atoms with Gasteiger partial charge < -0.3 is 14.6 Å². The second-order valence-electron chi connectivity index (χ2n) is 5.01. The number of carbonyl (C=O) groups excluding carboxylic acids is 1. The minimum absolute atomic E-state index is 0. The van der Waals surface area contributed by atoms with Gasteiger partial charge in [0.15, 0.2) is 0 Å². The van der Waals surface area contributed by atoms with Crippen molar-refractivity contribution in [1.29, 1.82) is 0 Å². The van der Waals surface area contributed by atoms with Crippen molar-refractivity contribution >= 4 is 36.4 Å². The number of aromatic nitrogens is 2. The van der Waals surface area contributed by atoms with E-state index in [2.05, 4.69) is 10.3 Å². The SMILES string of the molecule is CN(C(=O)c1ccc2nccn2c1)C1CCNCC1.Cl.Cl. The first-order valence-electron chi connectivity index (χ1n) is 6.66. The molecule has 0 radical (unpaired) electrons. The van der Waals surface area contributed by atoms with Crippen LogP contribution in [0.15, 0.2) is 30.7 Å². The Hall–Kier alpha value is -1.30. The van der Waals surface area contributed by atoms with Crippen molar-refractivity contribution in [3.05, 3.63) is 36.3 Å². The summed E-state index contributed by atoms with van der Waals surface area (Å²) < 4.78 is 1.88. The van der Waals surface area contributed by atoms with Gasteiger partial charge in [-0.1, -0.05) is 0 Å². The van der Waals surface area contributed by atoms with Crippen LogP contribution < -0.4 is 5.32 Å². The van der Waals surface area contributed by atoms with Gasteiger partial charge in [-0.05, 0) is 38.1 Å². The summed E-state index contributed by atoms with van der Waals surface area (Å²) in [6, 6.07) is 4.07. The second-order valence-corrected chi connectivity index (χ2v) is 5.01. The maximum atomic E-state index is 12.5. The summed E-state index contributed by atoms with van der Waals surface area (Å²) in [6.45, 7) is 1.98. The van der Waals surface area contributed by atoms with Gasteiger partial charge >= 0.3 is 0 Å². The molecule has 116 valence electrons. The molecular formula is C14H20Cl2N4O. The van der Waals surface area contributed by atoms with Gasteiger partial charge in [-0.2, -0.15) is 0 Å². The van der Waals surface area contributed by atoms with Gasteiger partial charge in [-0.3, -0.25) is 4.79 Å². The molecule has 1 saturated heterocycles. The van der Waals surface area contributed by atoms with Gasteiger partial charge in [-0.15, -0.1) is 24.8 Å². The molecule has 0 aliphatic carbocycles. The predicted octanol–water partition coefficient (Wildman–Crippen LogP) is 2.00. The van der Waals surface area contributed by atoms with Gasteiger partial charge in [0.1, 0.15) is 5.65 Å². The van der Waals surface area contributed by atoms with Crippen LogP contribution in [0.2, 0.25) is 0 Å². The molecule has 0 atom stereocenters. The zero-order valence-electron chi connectivity index (χ0n) is 11.9. The average molecular weight is 331 g/mol. The van der Waals surface area contributed by atoms with Gasteiger partial charge in [0.05, 0.1) is 5.56 Å². The van der Waals surface area contributed by atoms with E-state index in [1.807, 2.05) is 40.9 Å². The first kappa shape index (κ1) is 17.8. The molecule has 2 aromatic heterocycles. The minimum atomic E-state index is 0. The Kier molecular flexibility index (Phi) is 6.45. The fraction of sp³-hybridized carbons (Fsp3) is 0.429. The lowest BCUT2D eigenvalue weighted by atomic mass is 10.0. The van der Waals surface area contributed by atoms with E-state index in [4.69, 9.17) is 0 Å². The molecule has 21 heavy (non-hydrogen) atoms. The minimum Gasteiger partial charge on any atom is -0.339 e. The zero-order chi connectivity index (χ0) is 13.2. The fourth-order valence-corrected chi connectivity index (χ4v) is 2.61. The number of imidazole rings is 1. The van der Waals surface area contributed by atoms with E-state index in [0.717, 1.165) is 31.6 Å². The highest BCUT2D eigenvalue weighted by Gasteiger charge is 2.22. The number of amides is 1. The zero-order valence-corrected chi connectivity index (χ0v) is 13.5. The third-order valence-electron chi connectivity index (χ3n) is 3.81. The molecule has 1 aliphatic rings. The Bertz CT molecular complexity index is 595. The molecule has 0 aromatic carbocycles. The highest BCUT2D eigenvalue weighted by Crippen LogP contribution is 2.14. The third kappa shape index (κ3) is 3.67. The van der Waals surface area contributed by atoms with Crippen molar-refractivity contribution in [1.82, 2.24) is 19.6 Å². The molecule has 1 amide bonds. The smallest absolute Gasteiger partial charge is 0.255 e. The lowest BCUT2D eigenvalue weighted by molar-refractivity contribution is 0.0702. The Balaban J connectivity index is 0.00000110. The van der Waals surface area contributed by atoms with Crippen LogP contribution in [0.3, 0.4) is 0 Å². The number of fused-ring (bicyclic) bond motifs is 1.